The molecule has 0 aliphatic carbocycles. The quantitative estimate of drug-likeness (QED) is 0.853. The molecule has 0 radical (unpaired) electrons. The van der Waals surface area contributed by atoms with Gasteiger partial charge in [-0.3, -0.25) is 4.68 Å². The highest BCUT2D eigenvalue weighted by Crippen LogP contribution is 2.18. The lowest BCUT2D eigenvalue weighted by Crippen LogP contribution is -2.22. The standard InChI is InChI=1S/C13H19N3/c1-3-6-10(14)9-12-11-7-4-5-8-13(11)16(2)15-12/h4-5,7-8,10H,3,6,9,14H2,1-2H3. The maximum absolute atomic E-state index is 6.07. The summed E-state index contributed by atoms with van der Waals surface area (Å²) in [4.78, 5) is 0. The monoisotopic (exact) mass is 217 g/mol. The third kappa shape index (κ3) is 2.09. The van der Waals surface area contributed by atoms with Gasteiger partial charge >= 0.3 is 0 Å². The number of fused-ring (bicyclic) bond motifs is 1. The van der Waals surface area contributed by atoms with Gasteiger partial charge < -0.3 is 5.73 Å². The van der Waals surface area contributed by atoms with E-state index in [-0.39, 0.29) is 6.04 Å². The molecule has 2 N–H and O–H groups in total. The molecule has 1 aromatic carbocycles. The summed E-state index contributed by atoms with van der Waals surface area (Å²) >= 11 is 0. The molecule has 1 atom stereocenters. The summed E-state index contributed by atoms with van der Waals surface area (Å²) < 4.78 is 1.93. The number of benzene rings is 1. The van der Waals surface area contributed by atoms with Gasteiger partial charge in [0.2, 0.25) is 0 Å². The fraction of sp³-hybridized carbons (Fsp3) is 0.462. The molecule has 1 heterocycles. The Labute approximate surface area is 96.2 Å². The Hall–Kier alpha value is -1.35. The van der Waals surface area contributed by atoms with Gasteiger partial charge in [0.05, 0.1) is 11.2 Å². The molecule has 0 saturated carbocycles. The highest BCUT2D eigenvalue weighted by Gasteiger charge is 2.11. The molecule has 0 aliphatic heterocycles. The zero-order chi connectivity index (χ0) is 11.5. The van der Waals surface area contributed by atoms with Gasteiger partial charge in [-0.05, 0) is 12.5 Å². The van der Waals surface area contributed by atoms with Crippen molar-refractivity contribution < 1.29 is 0 Å². The van der Waals surface area contributed by atoms with E-state index < -0.39 is 0 Å². The van der Waals surface area contributed by atoms with Crippen molar-refractivity contribution in [2.45, 2.75) is 32.2 Å². The molecule has 0 amide bonds. The fourth-order valence-electron chi connectivity index (χ4n) is 2.16. The Balaban J connectivity index is 2.31. The Morgan fingerprint density at radius 1 is 1.38 bits per heavy atom. The molecule has 86 valence electrons. The number of nitrogens with zero attached hydrogens (tertiary/aromatic N) is 2. The average Bonchev–Trinajstić information content (AvgIpc) is 2.57. The minimum atomic E-state index is 0.225. The summed E-state index contributed by atoms with van der Waals surface area (Å²) in [5, 5.41) is 5.78. The highest BCUT2D eigenvalue weighted by molar-refractivity contribution is 5.81. The maximum Gasteiger partial charge on any atom is 0.0718 e. The van der Waals surface area contributed by atoms with Crippen molar-refractivity contribution in [3.05, 3.63) is 30.0 Å². The first-order valence-electron chi connectivity index (χ1n) is 5.88. The molecule has 0 spiro atoms. The van der Waals surface area contributed by atoms with E-state index >= 15 is 0 Å². The Morgan fingerprint density at radius 3 is 2.88 bits per heavy atom. The summed E-state index contributed by atoms with van der Waals surface area (Å²) in [7, 11) is 1.98. The van der Waals surface area contributed by atoms with Gasteiger partial charge in [-0.1, -0.05) is 31.5 Å². The Bertz CT molecular complexity index is 473. The molecule has 0 bridgehead atoms. The van der Waals surface area contributed by atoms with E-state index in [1.54, 1.807) is 0 Å². The zero-order valence-electron chi connectivity index (χ0n) is 9.98. The van der Waals surface area contributed by atoms with E-state index in [0.717, 1.165) is 25.0 Å². The molecular formula is C13H19N3. The van der Waals surface area contributed by atoms with Crippen molar-refractivity contribution in [2.75, 3.05) is 0 Å². The summed E-state index contributed by atoms with van der Waals surface area (Å²) in [5.74, 6) is 0. The fourth-order valence-corrected chi connectivity index (χ4v) is 2.16. The highest BCUT2D eigenvalue weighted by atomic mass is 15.3. The van der Waals surface area contributed by atoms with Crippen LogP contribution >= 0.6 is 0 Å². The van der Waals surface area contributed by atoms with Crippen LogP contribution in [0.15, 0.2) is 24.3 Å². The Kier molecular flexibility index (Phi) is 3.25. The topological polar surface area (TPSA) is 43.8 Å². The molecule has 3 nitrogen and oxygen atoms in total. The van der Waals surface area contributed by atoms with Crippen LogP contribution in [0.5, 0.6) is 0 Å². The number of aromatic nitrogens is 2. The van der Waals surface area contributed by atoms with Crippen molar-refractivity contribution in [2.24, 2.45) is 12.8 Å². The van der Waals surface area contributed by atoms with Crippen LogP contribution in [0.3, 0.4) is 0 Å². The van der Waals surface area contributed by atoms with E-state index in [1.165, 1.54) is 10.9 Å². The molecule has 16 heavy (non-hydrogen) atoms. The van der Waals surface area contributed by atoms with E-state index in [2.05, 4.69) is 30.2 Å². The third-order valence-electron chi connectivity index (χ3n) is 2.95. The molecule has 0 saturated heterocycles. The van der Waals surface area contributed by atoms with Crippen molar-refractivity contribution >= 4 is 10.9 Å². The van der Waals surface area contributed by atoms with Gasteiger partial charge in [0.15, 0.2) is 0 Å². The lowest BCUT2D eigenvalue weighted by atomic mass is 10.1. The van der Waals surface area contributed by atoms with E-state index in [9.17, 15) is 0 Å². The molecule has 0 fully saturated rings. The van der Waals surface area contributed by atoms with Gasteiger partial charge in [0, 0.05) is 24.9 Å². The van der Waals surface area contributed by atoms with E-state index in [4.69, 9.17) is 5.73 Å². The largest absolute Gasteiger partial charge is 0.327 e. The van der Waals surface area contributed by atoms with Crippen molar-refractivity contribution in [1.29, 1.82) is 0 Å². The minimum Gasteiger partial charge on any atom is -0.327 e. The summed E-state index contributed by atoms with van der Waals surface area (Å²) in [6.45, 7) is 2.16. The second-order valence-corrected chi connectivity index (χ2v) is 4.34. The molecule has 2 rings (SSSR count). The van der Waals surface area contributed by atoms with Crippen LogP contribution in [0.1, 0.15) is 25.5 Å². The third-order valence-corrected chi connectivity index (χ3v) is 2.95. The molecule has 3 heteroatoms. The number of hydrogen-bond donors (Lipinski definition) is 1. The van der Waals surface area contributed by atoms with Crippen LogP contribution in [0, 0.1) is 0 Å². The predicted octanol–water partition coefficient (Wildman–Crippen LogP) is 2.24. The summed E-state index contributed by atoms with van der Waals surface area (Å²) in [6.07, 6.45) is 3.06. The molecule has 1 aromatic heterocycles. The van der Waals surface area contributed by atoms with E-state index in [1.807, 2.05) is 17.8 Å². The maximum atomic E-state index is 6.07. The van der Waals surface area contributed by atoms with Gasteiger partial charge in [-0.2, -0.15) is 5.10 Å². The van der Waals surface area contributed by atoms with Crippen LogP contribution in [-0.4, -0.2) is 15.8 Å². The molecular weight excluding hydrogens is 198 g/mol. The van der Waals surface area contributed by atoms with Crippen LogP contribution in [0.25, 0.3) is 10.9 Å². The number of aryl methyl sites for hydroxylation is 1. The zero-order valence-corrected chi connectivity index (χ0v) is 9.98. The van der Waals surface area contributed by atoms with Crippen LogP contribution in [0.4, 0.5) is 0 Å². The minimum absolute atomic E-state index is 0.225. The van der Waals surface area contributed by atoms with Gasteiger partial charge in [0.25, 0.3) is 0 Å². The van der Waals surface area contributed by atoms with Crippen molar-refractivity contribution in [3.8, 4) is 0 Å². The number of hydrogen-bond acceptors (Lipinski definition) is 2. The molecule has 1 unspecified atom stereocenters. The van der Waals surface area contributed by atoms with E-state index in [0.29, 0.717) is 0 Å². The second kappa shape index (κ2) is 4.66. The predicted molar refractivity (Wildman–Crippen MR) is 67.3 cm³/mol. The summed E-state index contributed by atoms with van der Waals surface area (Å²) in [5.41, 5.74) is 8.37. The lowest BCUT2D eigenvalue weighted by molar-refractivity contribution is 0.588. The second-order valence-electron chi connectivity index (χ2n) is 4.34. The van der Waals surface area contributed by atoms with Gasteiger partial charge in [0.1, 0.15) is 0 Å². The first kappa shape index (κ1) is 11.1. The number of para-hydroxylation sites is 1. The average molecular weight is 217 g/mol. The van der Waals surface area contributed by atoms with Crippen LogP contribution in [-0.2, 0) is 13.5 Å². The molecule has 2 aromatic rings. The summed E-state index contributed by atoms with van der Waals surface area (Å²) in [6, 6.07) is 8.54. The number of nitrogens with two attached hydrogens (primary N) is 1. The van der Waals surface area contributed by atoms with Crippen molar-refractivity contribution in [3.63, 3.8) is 0 Å². The van der Waals surface area contributed by atoms with Gasteiger partial charge in [-0.25, -0.2) is 0 Å². The van der Waals surface area contributed by atoms with Gasteiger partial charge in [-0.15, -0.1) is 0 Å². The number of rotatable bonds is 4. The Morgan fingerprint density at radius 2 is 2.12 bits per heavy atom. The van der Waals surface area contributed by atoms with Crippen LogP contribution < -0.4 is 5.73 Å². The smallest absolute Gasteiger partial charge is 0.0718 e. The normalized spacial score (nSPS) is 13.2. The first-order valence-corrected chi connectivity index (χ1v) is 5.88. The first-order chi connectivity index (χ1) is 7.72. The lowest BCUT2D eigenvalue weighted by Gasteiger charge is -2.07. The van der Waals surface area contributed by atoms with Crippen molar-refractivity contribution in [1.82, 2.24) is 9.78 Å². The SMILES string of the molecule is CCCC(N)Cc1nn(C)c2ccccc12. The van der Waals surface area contributed by atoms with Crippen LogP contribution in [0.2, 0.25) is 0 Å². The molecule has 0 aliphatic rings.